The molecule has 0 aromatic heterocycles. The Morgan fingerprint density at radius 2 is 1.95 bits per heavy atom. The number of rotatable bonds is 2. The Balaban J connectivity index is 0.000000497. The molecule has 1 aromatic carbocycles. The van der Waals surface area contributed by atoms with Crippen molar-refractivity contribution in [3.8, 4) is 5.75 Å². The topological polar surface area (TPSA) is 32.6 Å². The Morgan fingerprint density at radius 1 is 1.29 bits per heavy atom. The Labute approximate surface area is 145 Å². The molecule has 2 nitrogen and oxygen atoms in total. The molecular formula is C16H21Cl2NOZr. The number of aliphatic imine (C=N–C) groups is 1. The normalized spacial score (nSPS) is 30.3. The van der Waals surface area contributed by atoms with Crippen molar-refractivity contribution in [2.75, 3.05) is 0 Å². The van der Waals surface area contributed by atoms with Gasteiger partial charge in [0.15, 0.2) is 0 Å². The quantitative estimate of drug-likeness (QED) is 0.696. The number of phenolic OH excluding ortho intramolecular Hbond substituents is 1. The zero-order valence-corrected chi connectivity index (χ0v) is 16.4. The maximum absolute atomic E-state index is 9.98. The first-order chi connectivity index (χ1) is 10.1. The maximum atomic E-state index is 9.98. The number of phenols is 1. The van der Waals surface area contributed by atoms with Gasteiger partial charge in [-0.05, 0) is 55.6 Å². The van der Waals surface area contributed by atoms with Crippen molar-refractivity contribution < 1.29 is 26.0 Å². The van der Waals surface area contributed by atoms with Crippen LogP contribution in [0.4, 0.5) is 0 Å². The first-order valence-corrected chi connectivity index (χ1v) is 13.7. The molecule has 1 N–H and O–H groups in total. The van der Waals surface area contributed by atoms with E-state index in [-0.39, 0.29) is 0 Å². The van der Waals surface area contributed by atoms with Gasteiger partial charge in [0, 0.05) is 11.8 Å². The van der Waals surface area contributed by atoms with Gasteiger partial charge in [-0.15, -0.1) is 0 Å². The molecule has 3 rings (SSSR count). The Morgan fingerprint density at radius 3 is 2.57 bits per heavy atom. The van der Waals surface area contributed by atoms with Crippen molar-refractivity contribution >= 4 is 23.2 Å². The summed E-state index contributed by atoms with van der Waals surface area (Å²) in [4.78, 5) is 4.77. The van der Waals surface area contributed by atoms with Crippen LogP contribution in [-0.4, -0.2) is 17.4 Å². The molecule has 0 saturated heterocycles. The van der Waals surface area contributed by atoms with E-state index in [0.29, 0.717) is 17.7 Å². The summed E-state index contributed by atoms with van der Waals surface area (Å²) in [6, 6.07) is 6.31. The third kappa shape index (κ3) is 4.12. The predicted octanol–water partition coefficient (Wildman–Crippen LogP) is 4.93. The molecule has 2 saturated carbocycles. The van der Waals surface area contributed by atoms with Crippen LogP contribution < -0.4 is 0 Å². The molecule has 21 heavy (non-hydrogen) atoms. The van der Waals surface area contributed by atoms with Crippen molar-refractivity contribution in [1.29, 1.82) is 0 Å². The fourth-order valence-electron chi connectivity index (χ4n) is 3.76. The molecule has 0 aliphatic heterocycles. The summed E-state index contributed by atoms with van der Waals surface area (Å²) in [5.41, 5.74) is 1.77. The molecule has 0 heterocycles. The minimum absolute atomic E-state index is 0.372. The van der Waals surface area contributed by atoms with E-state index < -0.39 is 20.8 Å². The molecule has 2 aliphatic rings. The van der Waals surface area contributed by atoms with Crippen LogP contribution in [0.3, 0.4) is 0 Å². The van der Waals surface area contributed by atoms with E-state index in [0.717, 1.165) is 23.0 Å². The Hall–Kier alpha value is 0.153. The number of halogens is 2. The molecule has 2 aliphatic carbocycles. The summed E-state index contributed by atoms with van der Waals surface area (Å²) in [6.07, 6.45) is 5.98. The van der Waals surface area contributed by atoms with Gasteiger partial charge < -0.3 is 5.11 Å². The van der Waals surface area contributed by atoms with Crippen molar-refractivity contribution in [2.45, 2.75) is 39.2 Å². The molecule has 114 valence electrons. The summed E-state index contributed by atoms with van der Waals surface area (Å²) in [6.45, 7) is 4.26. The van der Waals surface area contributed by atoms with Crippen molar-refractivity contribution in [3.05, 3.63) is 29.3 Å². The van der Waals surface area contributed by atoms with Gasteiger partial charge in [-0.3, -0.25) is 4.99 Å². The van der Waals surface area contributed by atoms with Gasteiger partial charge >= 0.3 is 37.9 Å². The standard InChI is InChI=1S/C16H21NO.2ClH.Zr/c1-10-4-3-5-14(16(10)18)9-17-15-11(2)12-6-7-13(15)8-12;;;/h3-5,9,11-13,15,18H,6-8H2,1-2H3;2*1H;/q;;;+2/p-2. The van der Waals surface area contributed by atoms with E-state index in [1.54, 1.807) is 0 Å². The zero-order chi connectivity index (χ0) is 15.4. The van der Waals surface area contributed by atoms with Gasteiger partial charge in [0.2, 0.25) is 0 Å². The van der Waals surface area contributed by atoms with Crippen LogP contribution in [0.25, 0.3) is 0 Å². The average molecular weight is 405 g/mol. The summed E-state index contributed by atoms with van der Waals surface area (Å²) >= 11 is -0.826. The molecule has 2 bridgehead atoms. The Kier molecular flexibility index (Phi) is 6.78. The zero-order valence-electron chi connectivity index (χ0n) is 12.4. The molecule has 4 unspecified atom stereocenters. The van der Waals surface area contributed by atoms with E-state index in [1.165, 1.54) is 19.3 Å². The first kappa shape index (κ1) is 17.5. The van der Waals surface area contributed by atoms with E-state index in [1.807, 2.05) is 31.3 Å². The predicted molar refractivity (Wildman–Crippen MR) is 85.9 cm³/mol. The van der Waals surface area contributed by atoms with Gasteiger partial charge in [-0.1, -0.05) is 19.1 Å². The SMILES string of the molecule is Cc1cccc(C=NC2C3CCC(C3)C2C)c1O.[Cl][Zr][Cl]. The van der Waals surface area contributed by atoms with Crippen LogP contribution in [0.5, 0.6) is 5.75 Å². The van der Waals surface area contributed by atoms with Crippen LogP contribution in [0, 0.1) is 24.7 Å². The molecular weight excluding hydrogens is 384 g/mol. The first-order valence-electron chi connectivity index (χ1n) is 7.36. The fourth-order valence-corrected chi connectivity index (χ4v) is 3.76. The molecule has 0 amide bonds. The van der Waals surface area contributed by atoms with Crippen LogP contribution in [0.15, 0.2) is 23.2 Å². The summed E-state index contributed by atoms with van der Waals surface area (Å²) in [7, 11) is 9.87. The number of aromatic hydroxyl groups is 1. The van der Waals surface area contributed by atoms with Crippen LogP contribution in [-0.2, 0) is 20.8 Å². The number of hydrogen-bond donors (Lipinski definition) is 1. The molecule has 0 spiro atoms. The summed E-state index contributed by atoms with van der Waals surface area (Å²) in [5, 5.41) is 9.98. The number of benzene rings is 1. The number of aryl methyl sites for hydroxylation is 1. The third-order valence-electron chi connectivity index (χ3n) is 4.93. The number of para-hydroxylation sites is 1. The van der Waals surface area contributed by atoms with Crippen molar-refractivity contribution in [3.63, 3.8) is 0 Å². The second-order valence-corrected chi connectivity index (χ2v) is 9.78. The van der Waals surface area contributed by atoms with E-state index in [2.05, 4.69) is 6.92 Å². The van der Waals surface area contributed by atoms with Crippen LogP contribution >= 0.6 is 17.0 Å². The van der Waals surface area contributed by atoms with E-state index in [9.17, 15) is 5.11 Å². The molecule has 5 heteroatoms. The second kappa shape index (κ2) is 8.13. The molecule has 2 fully saturated rings. The fraction of sp³-hybridized carbons (Fsp3) is 0.562. The van der Waals surface area contributed by atoms with Gasteiger partial charge in [0.1, 0.15) is 5.75 Å². The van der Waals surface area contributed by atoms with E-state index in [4.69, 9.17) is 22.0 Å². The van der Waals surface area contributed by atoms with Crippen LogP contribution in [0.2, 0.25) is 0 Å². The summed E-state index contributed by atoms with van der Waals surface area (Å²) < 4.78 is 0. The van der Waals surface area contributed by atoms with Gasteiger partial charge in [-0.2, -0.15) is 0 Å². The van der Waals surface area contributed by atoms with Gasteiger partial charge in [0.05, 0.1) is 6.04 Å². The second-order valence-electron chi connectivity index (χ2n) is 6.05. The minimum atomic E-state index is -0.826. The molecule has 0 radical (unpaired) electrons. The third-order valence-corrected chi connectivity index (χ3v) is 4.93. The summed E-state index contributed by atoms with van der Waals surface area (Å²) in [5.74, 6) is 2.76. The van der Waals surface area contributed by atoms with Crippen LogP contribution in [0.1, 0.15) is 37.3 Å². The van der Waals surface area contributed by atoms with E-state index >= 15 is 0 Å². The average Bonchev–Trinajstić information content (AvgIpc) is 3.03. The number of nitrogens with zero attached hydrogens (tertiary/aromatic N) is 1. The van der Waals surface area contributed by atoms with Gasteiger partial charge in [-0.25, -0.2) is 0 Å². The Bertz CT molecular complexity index is 507. The van der Waals surface area contributed by atoms with Crippen molar-refractivity contribution in [2.24, 2.45) is 22.7 Å². The van der Waals surface area contributed by atoms with Crippen molar-refractivity contribution in [1.82, 2.24) is 0 Å². The molecule has 1 aromatic rings. The number of hydrogen-bond acceptors (Lipinski definition) is 2. The monoisotopic (exact) mass is 403 g/mol. The van der Waals surface area contributed by atoms with Gasteiger partial charge in [0.25, 0.3) is 0 Å². The molecule has 4 atom stereocenters. The number of fused-ring (bicyclic) bond motifs is 2.